The lowest BCUT2D eigenvalue weighted by Gasteiger charge is -2.17. The van der Waals surface area contributed by atoms with Crippen molar-refractivity contribution < 1.29 is 9.59 Å². The van der Waals surface area contributed by atoms with Crippen LogP contribution in [0.25, 0.3) is 0 Å². The zero-order valence-corrected chi connectivity index (χ0v) is 17.8. The number of hydrogen-bond acceptors (Lipinski definition) is 7. The molecule has 0 radical (unpaired) electrons. The number of amides is 2. The average molecular weight is 409 g/mol. The highest BCUT2D eigenvalue weighted by atomic mass is 32.2. The largest absolute Gasteiger partial charge is 0.322 e. The Morgan fingerprint density at radius 3 is 2.63 bits per heavy atom. The van der Waals surface area contributed by atoms with E-state index in [-0.39, 0.29) is 23.1 Å². The summed E-state index contributed by atoms with van der Waals surface area (Å²) >= 11 is 2.71. The molecule has 0 aromatic carbocycles. The minimum absolute atomic E-state index is 0.0681. The molecule has 1 atom stereocenters. The van der Waals surface area contributed by atoms with Gasteiger partial charge in [-0.2, -0.15) is 5.10 Å². The van der Waals surface area contributed by atoms with Crippen molar-refractivity contribution in [3.63, 3.8) is 0 Å². The van der Waals surface area contributed by atoms with Crippen molar-refractivity contribution in [2.75, 3.05) is 10.2 Å². The molecule has 2 aromatic rings. The van der Waals surface area contributed by atoms with Crippen LogP contribution < -0.4 is 10.2 Å². The fourth-order valence-electron chi connectivity index (χ4n) is 2.70. The van der Waals surface area contributed by atoms with Crippen LogP contribution in [0.15, 0.2) is 4.34 Å². The molecule has 1 aliphatic carbocycles. The van der Waals surface area contributed by atoms with E-state index in [1.165, 1.54) is 23.1 Å². The second-order valence-corrected chi connectivity index (χ2v) is 9.16. The molecule has 0 spiro atoms. The molecule has 10 heteroatoms. The first kappa shape index (κ1) is 19.8. The summed E-state index contributed by atoms with van der Waals surface area (Å²) in [5, 5.41) is 15.9. The van der Waals surface area contributed by atoms with Gasteiger partial charge in [-0.1, -0.05) is 30.0 Å². The normalized spacial score (nSPS) is 14.9. The van der Waals surface area contributed by atoms with Gasteiger partial charge in [0.15, 0.2) is 4.34 Å². The molecule has 8 nitrogen and oxygen atoms in total. The highest BCUT2D eigenvalue weighted by molar-refractivity contribution is 8.02. The van der Waals surface area contributed by atoms with E-state index >= 15 is 0 Å². The van der Waals surface area contributed by atoms with E-state index in [1.807, 2.05) is 34.7 Å². The fourth-order valence-corrected chi connectivity index (χ4v) is 4.78. The minimum Gasteiger partial charge on any atom is -0.322 e. The highest BCUT2D eigenvalue weighted by Crippen LogP contribution is 2.37. The van der Waals surface area contributed by atoms with E-state index in [0.717, 1.165) is 29.9 Å². The van der Waals surface area contributed by atoms with Gasteiger partial charge in [-0.05, 0) is 33.6 Å². The van der Waals surface area contributed by atoms with Crippen LogP contribution in [-0.2, 0) is 16.6 Å². The van der Waals surface area contributed by atoms with E-state index in [9.17, 15) is 9.59 Å². The summed E-state index contributed by atoms with van der Waals surface area (Å²) in [6, 6.07) is 0.250. The van der Waals surface area contributed by atoms with Gasteiger partial charge in [0.2, 0.25) is 16.9 Å². The molecule has 1 aliphatic rings. The predicted octanol–water partition coefficient (Wildman–Crippen LogP) is 2.91. The van der Waals surface area contributed by atoms with E-state index in [2.05, 4.69) is 20.6 Å². The van der Waals surface area contributed by atoms with Crippen molar-refractivity contribution in [1.29, 1.82) is 0 Å². The fraction of sp³-hybridized carbons (Fsp3) is 0.588. The van der Waals surface area contributed by atoms with Gasteiger partial charge in [0.25, 0.3) is 0 Å². The van der Waals surface area contributed by atoms with Gasteiger partial charge in [0.1, 0.15) is 0 Å². The van der Waals surface area contributed by atoms with Gasteiger partial charge in [0.05, 0.1) is 22.3 Å². The molecule has 1 fully saturated rings. The maximum atomic E-state index is 12.6. The number of aromatic nitrogens is 4. The Balaban J connectivity index is 1.65. The molecule has 0 unspecified atom stereocenters. The van der Waals surface area contributed by atoms with Gasteiger partial charge in [0, 0.05) is 19.5 Å². The SMILES string of the molecule is CCC(=O)N(c1nnc(S[C@@H](C)C(=O)Nc2c(C)nn(C)c2C)s1)C1CC1. The zero-order valence-electron chi connectivity index (χ0n) is 16.1. The summed E-state index contributed by atoms with van der Waals surface area (Å²) in [5.41, 5.74) is 2.45. The molecular weight excluding hydrogens is 384 g/mol. The van der Waals surface area contributed by atoms with Crippen molar-refractivity contribution in [2.45, 2.75) is 62.6 Å². The van der Waals surface area contributed by atoms with E-state index in [1.54, 1.807) is 9.58 Å². The number of carbonyl (C=O) groups is 2. The summed E-state index contributed by atoms with van der Waals surface area (Å²) in [7, 11) is 1.85. The lowest BCUT2D eigenvalue weighted by Crippen LogP contribution is -2.32. The van der Waals surface area contributed by atoms with Crippen LogP contribution in [0.1, 0.15) is 44.5 Å². The van der Waals surface area contributed by atoms with E-state index in [4.69, 9.17) is 0 Å². The summed E-state index contributed by atoms with van der Waals surface area (Å²) in [5.74, 6) is -0.0434. The smallest absolute Gasteiger partial charge is 0.237 e. The first-order valence-electron chi connectivity index (χ1n) is 8.95. The third-order valence-corrected chi connectivity index (χ3v) is 6.60. The molecule has 0 bridgehead atoms. The molecule has 0 saturated heterocycles. The van der Waals surface area contributed by atoms with Gasteiger partial charge in [-0.15, -0.1) is 10.2 Å². The lowest BCUT2D eigenvalue weighted by atomic mass is 10.3. The third-order valence-electron chi connectivity index (χ3n) is 4.49. The second kappa shape index (κ2) is 7.97. The number of aryl methyl sites for hydroxylation is 2. The first-order chi connectivity index (χ1) is 12.8. The maximum absolute atomic E-state index is 12.6. The van der Waals surface area contributed by atoms with Gasteiger partial charge in [-0.25, -0.2) is 0 Å². The summed E-state index contributed by atoms with van der Waals surface area (Å²) < 4.78 is 2.43. The molecule has 2 aromatic heterocycles. The Hall–Kier alpha value is -1.94. The standard InChI is InChI=1S/C17H24N6O2S2/c1-6-13(24)23(12-7-8-12)16-19-20-17(27-16)26-11(4)15(25)18-14-9(2)21-22(5)10(14)3/h11-12H,6-8H2,1-5H3,(H,18,25)/t11-/m0/s1. The van der Waals surface area contributed by atoms with Crippen molar-refractivity contribution >= 4 is 45.7 Å². The number of rotatable bonds is 7. The molecular formula is C17H24N6O2S2. The van der Waals surface area contributed by atoms with E-state index in [0.29, 0.717) is 15.9 Å². The monoisotopic (exact) mass is 408 g/mol. The molecule has 1 N–H and O–H groups in total. The van der Waals surface area contributed by atoms with Crippen molar-refractivity contribution in [2.24, 2.45) is 7.05 Å². The van der Waals surface area contributed by atoms with Crippen LogP contribution in [0.3, 0.4) is 0 Å². The van der Waals surface area contributed by atoms with Gasteiger partial charge >= 0.3 is 0 Å². The Morgan fingerprint density at radius 1 is 1.37 bits per heavy atom. The Bertz CT molecular complexity index is 858. The Kier molecular flexibility index (Phi) is 5.85. The quantitative estimate of drug-likeness (QED) is 0.559. The van der Waals surface area contributed by atoms with Crippen LogP contribution >= 0.6 is 23.1 Å². The van der Waals surface area contributed by atoms with Crippen molar-refractivity contribution in [3.05, 3.63) is 11.4 Å². The number of carbonyl (C=O) groups excluding carboxylic acids is 2. The summed E-state index contributed by atoms with van der Waals surface area (Å²) in [4.78, 5) is 26.5. The van der Waals surface area contributed by atoms with Crippen LogP contribution in [0.4, 0.5) is 10.8 Å². The maximum Gasteiger partial charge on any atom is 0.237 e. The van der Waals surface area contributed by atoms with Crippen LogP contribution in [0.5, 0.6) is 0 Å². The minimum atomic E-state index is -0.346. The topological polar surface area (TPSA) is 93.0 Å². The average Bonchev–Trinajstić information content (AvgIpc) is 3.31. The highest BCUT2D eigenvalue weighted by Gasteiger charge is 2.35. The molecule has 0 aliphatic heterocycles. The third kappa shape index (κ3) is 4.32. The number of hydrogen-bond donors (Lipinski definition) is 1. The predicted molar refractivity (Wildman–Crippen MR) is 107 cm³/mol. The van der Waals surface area contributed by atoms with Crippen molar-refractivity contribution in [3.8, 4) is 0 Å². The van der Waals surface area contributed by atoms with Gasteiger partial charge in [-0.3, -0.25) is 19.2 Å². The molecule has 27 heavy (non-hydrogen) atoms. The number of anilines is 2. The number of thioether (sulfide) groups is 1. The number of nitrogens with one attached hydrogen (secondary N) is 1. The molecule has 2 heterocycles. The zero-order chi connectivity index (χ0) is 19.7. The molecule has 3 rings (SSSR count). The molecule has 2 amide bonds. The Morgan fingerprint density at radius 2 is 2.07 bits per heavy atom. The van der Waals surface area contributed by atoms with Crippen molar-refractivity contribution in [1.82, 2.24) is 20.0 Å². The van der Waals surface area contributed by atoms with Crippen LogP contribution in [0, 0.1) is 13.8 Å². The van der Waals surface area contributed by atoms with Crippen LogP contribution in [-0.4, -0.2) is 43.1 Å². The Labute approximate surface area is 166 Å². The van der Waals surface area contributed by atoms with E-state index < -0.39 is 0 Å². The van der Waals surface area contributed by atoms with Gasteiger partial charge < -0.3 is 5.32 Å². The summed E-state index contributed by atoms with van der Waals surface area (Å²) in [6.45, 7) is 7.47. The molecule has 146 valence electrons. The van der Waals surface area contributed by atoms with Crippen LogP contribution in [0.2, 0.25) is 0 Å². The number of nitrogens with zero attached hydrogens (tertiary/aromatic N) is 5. The molecule has 1 saturated carbocycles. The summed E-state index contributed by atoms with van der Waals surface area (Å²) in [6.07, 6.45) is 2.47. The lowest BCUT2D eigenvalue weighted by molar-refractivity contribution is -0.118. The second-order valence-electron chi connectivity index (χ2n) is 6.62. The first-order valence-corrected chi connectivity index (χ1v) is 10.6.